The van der Waals surface area contributed by atoms with E-state index in [0.29, 0.717) is 5.56 Å². The topological polar surface area (TPSA) is 29.1 Å². The summed E-state index contributed by atoms with van der Waals surface area (Å²) in [5, 5.41) is 1.64. The first-order chi connectivity index (χ1) is 9.55. The Bertz CT molecular complexity index is 468. The van der Waals surface area contributed by atoms with Crippen molar-refractivity contribution in [1.29, 1.82) is 0 Å². The van der Waals surface area contributed by atoms with Crippen molar-refractivity contribution in [3.05, 3.63) is 35.4 Å². The van der Waals surface area contributed by atoms with Crippen LogP contribution in [0.4, 0.5) is 26.3 Å². The maximum Gasteiger partial charge on any atom is 0.409 e. The molecule has 0 aliphatic heterocycles. The average Bonchev–Trinajstić information content (AvgIpc) is 2.33. The molecule has 9 heteroatoms. The van der Waals surface area contributed by atoms with Crippen LogP contribution < -0.4 is 5.32 Å². The first-order valence-electron chi connectivity index (χ1n) is 5.60. The SMILES string of the molecule is O=C(NCc1ccc(CCl)cc1)C(C(F)(F)F)C(F)(F)F. The van der Waals surface area contributed by atoms with Crippen molar-refractivity contribution in [2.75, 3.05) is 0 Å². The first-order valence-corrected chi connectivity index (χ1v) is 6.14. The van der Waals surface area contributed by atoms with Gasteiger partial charge in [-0.2, -0.15) is 26.3 Å². The molecular weight excluding hydrogens is 324 g/mol. The third kappa shape index (κ3) is 5.11. The minimum Gasteiger partial charge on any atom is -0.351 e. The Morgan fingerprint density at radius 3 is 1.81 bits per heavy atom. The highest BCUT2D eigenvalue weighted by atomic mass is 35.5. The molecule has 0 fully saturated rings. The Morgan fingerprint density at radius 1 is 1.00 bits per heavy atom. The zero-order chi connectivity index (χ0) is 16.3. The van der Waals surface area contributed by atoms with Crippen LogP contribution in [0.2, 0.25) is 0 Å². The highest BCUT2D eigenvalue weighted by Gasteiger charge is 2.60. The number of amides is 1. The van der Waals surface area contributed by atoms with Crippen LogP contribution in [0.15, 0.2) is 24.3 Å². The van der Waals surface area contributed by atoms with Crippen molar-refractivity contribution < 1.29 is 31.1 Å². The minimum absolute atomic E-state index is 0.219. The molecule has 118 valence electrons. The van der Waals surface area contributed by atoms with Crippen molar-refractivity contribution in [2.45, 2.75) is 24.8 Å². The molecule has 1 rings (SSSR count). The molecule has 21 heavy (non-hydrogen) atoms. The second-order valence-electron chi connectivity index (χ2n) is 4.18. The molecule has 0 atom stereocenters. The number of hydrogen-bond donors (Lipinski definition) is 1. The van der Waals surface area contributed by atoms with Gasteiger partial charge in [0, 0.05) is 12.4 Å². The van der Waals surface area contributed by atoms with E-state index in [1.54, 1.807) is 17.4 Å². The second kappa shape index (κ2) is 6.55. The lowest BCUT2D eigenvalue weighted by Crippen LogP contribution is -2.47. The zero-order valence-corrected chi connectivity index (χ0v) is 11.1. The number of nitrogens with one attached hydrogen (secondary N) is 1. The van der Waals surface area contributed by atoms with Gasteiger partial charge >= 0.3 is 12.4 Å². The fourth-order valence-corrected chi connectivity index (χ4v) is 1.70. The summed E-state index contributed by atoms with van der Waals surface area (Å²) in [6.07, 6.45) is -11.4. The monoisotopic (exact) mass is 333 g/mol. The van der Waals surface area contributed by atoms with Gasteiger partial charge in [-0.1, -0.05) is 24.3 Å². The molecule has 0 bridgehead atoms. The van der Waals surface area contributed by atoms with Crippen LogP contribution in [0.25, 0.3) is 0 Å². The number of halogens is 7. The van der Waals surface area contributed by atoms with Crippen molar-refractivity contribution in [3.8, 4) is 0 Å². The van der Waals surface area contributed by atoms with Gasteiger partial charge in [0.25, 0.3) is 0 Å². The fourth-order valence-electron chi connectivity index (χ4n) is 1.52. The van der Waals surface area contributed by atoms with Crippen molar-refractivity contribution in [2.24, 2.45) is 5.92 Å². The summed E-state index contributed by atoms with van der Waals surface area (Å²) in [4.78, 5) is 11.2. The molecule has 2 nitrogen and oxygen atoms in total. The number of hydrogen-bond acceptors (Lipinski definition) is 1. The van der Waals surface area contributed by atoms with E-state index in [0.717, 1.165) is 5.56 Å². The zero-order valence-electron chi connectivity index (χ0n) is 10.4. The van der Waals surface area contributed by atoms with Crippen LogP contribution in [0.1, 0.15) is 11.1 Å². The molecule has 0 aromatic heterocycles. The highest BCUT2D eigenvalue weighted by Crippen LogP contribution is 2.39. The maximum atomic E-state index is 12.3. The van der Waals surface area contributed by atoms with Crippen LogP contribution in [-0.4, -0.2) is 18.3 Å². The third-order valence-electron chi connectivity index (χ3n) is 2.56. The molecule has 0 aliphatic rings. The lowest BCUT2D eigenvalue weighted by Gasteiger charge is -2.22. The van der Waals surface area contributed by atoms with E-state index in [4.69, 9.17) is 11.6 Å². The molecule has 1 amide bonds. The van der Waals surface area contributed by atoms with E-state index in [1.807, 2.05) is 0 Å². The molecule has 0 unspecified atom stereocenters. The summed E-state index contributed by atoms with van der Waals surface area (Å²) >= 11 is 5.53. The van der Waals surface area contributed by atoms with Gasteiger partial charge < -0.3 is 5.32 Å². The molecule has 1 aromatic rings. The van der Waals surface area contributed by atoms with Gasteiger partial charge in [0.2, 0.25) is 11.8 Å². The second-order valence-corrected chi connectivity index (χ2v) is 4.45. The van der Waals surface area contributed by atoms with Crippen molar-refractivity contribution in [3.63, 3.8) is 0 Å². The van der Waals surface area contributed by atoms with E-state index in [9.17, 15) is 31.1 Å². The van der Waals surface area contributed by atoms with Crippen molar-refractivity contribution in [1.82, 2.24) is 5.32 Å². The molecule has 0 aliphatic carbocycles. The summed E-state index contributed by atoms with van der Waals surface area (Å²) in [6, 6.07) is 6.02. The number of alkyl halides is 7. The van der Waals surface area contributed by atoms with E-state index in [-0.39, 0.29) is 5.88 Å². The first kappa shape index (κ1) is 17.6. The Kier molecular flexibility index (Phi) is 5.49. The van der Waals surface area contributed by atoms with Crippen LogP contribution >= 0.6 is 11.6 Å². The van der Waals surface area contributed by atoms with Crippen LogP contribution in [0, 0.1) is 5.92 Å². The predicted molar refractivity (Wildman–Crippen MR) is 63.4 cm³/mol. The Hall–Kier alpha value is -1.44. The summed E-state index contributed by atoms with van der Waals surface area (Å²) < 4.78 is 73.8. The van der Waals surface area contributed by atoms with Crippen LogP contribution in [0.3, 0.4) is 0 Å². The molecule has 0 radical (unpaired) electrons. The largest absolute Gasteiger partial charge is 0.409 e. The van der Waals surface area contributed by atoms with E-state index in [2.05, 4.69) is 0 Å². The van der Waals surface area contributed by atoms with E-state index >= 15 is 0 Å². The predicted octanol–water partition coefficient (Wildman–Crippen LogP) is 3.78. The normalized spacial score (nSPS) is 12.6. The average molecular weight is 334 g/mol. The molecular formula is C12H10ClF6NO. The lowest BCUT2D eigenvalue weighted by atomic mass is 10.1. The van der Waals surface area contributed by atoms with Gasteiger partial charge in [-0.15, -0.1) is 11.6 Å². The summed E-state index contributed by atoms with van der Waals surface area (Å²) in [6.45, 7) is -0.440. The van der Waals surface area contributed by atoms with Gasteiger partial charge in [0.15, 0.2) is 0 Å². The van der Waals surface area contributed by atoms with E-state index in [1.165, 1.54) is 12.1 Å². The minimum atomic E-state index is -5.69. The molecule has 0 spiro atoms. The van der Waals surface area contributed by atoms with Gasteiger partial charge in [-0.05, 0) is 11.1 Å². The molecule has 0 heterocycles. The summed E-state index contributed by atoms with van der Waals surface area (Å²) in [7, 11) is 0. The molecule has 1 N–H and O–H groups in total. The fraction of sp³-hybridized carbons (Fsp3) is 0.417. The smallest absolute Gasteiger partial charge is 0.351 e. The molecule has 0 saturated heterocycles. The van der Waals surface area contributed by atoms with Gasteiger partial charge in [-0.3, -0.25) is 4.79 Å². The van der Waals surface area contributed by atoms with E-state index < -0.39 is 30.7 Å². The summed E-state index contributed by atoms with van der Waals surface area (Å²) in [5.41, 5.74) is 1.09. The summed E-state index contributed by atoms with van der Waals surface area (Å²) in [5.74, 6) is -5.94. The van der Waals surface area contributed by atoms with Gasteiger partial charge in [0.1, 0.15) is 0 Å². The number of carbonyl (C=O) groups is 1. The lowest BCUT2D eigenvalue weighted by molar-refractivity contribution is -0.274. The van der Waals surface area contributed by atoms with Crippen molar-refractivity contribution >= 4 is 17.5 Å². The highest BCUT2D eigenvalue weighted by molar-refractivity contribution is 6.17. The Labute approximate surface area is 121 Å². The molecule has 1 aromatic carbocycles. The number of carbonyl (C=O) groups excluding carboxylic acids is 1. The quantitative estimate of drug-likeness (QED) is 0.659. The van der Waals surface area contributed by atoms with Crippen LogP contribution in [-0.2, 0) is 17.2 Å². The maximum absolute atomic E-state index is 12.3. The van der Waals surface area contributed by atoms with Crippen LogP contribution in [0.5, 0.6) is 0 Å². The van der Waals surface area contributed by atoms with Gasteiger partial charge in [0.05, 0.1) is 0 Å². The molecule has 0 saturated carbocycles. The Morgan fingerprint density at radius 2 is 1.43 bits per heavy atom. The number of benzene rings is 1. The Balaban J connectivity index is 2.74. The van der Waals surface area contributed by atoms with Gasteiger partial charge in [-0.25, -0.2) is 0 Å². The number of rotatable bonds is 4. The third-order valence-corrected chi connectivity index (χ3v) is 2.87. The standard InChI is InChI=1S/C12H10ClF6NO/c13-5-7-1-3-8(4-2-7)6-20-10(21)9(11(14,15)16)12(17,18)19/h1-4,9H,5-6H2,(H,20,21).